The molecular weight excluding hydrogens is 172 g/mol. The Morgan fingerprint density at radius 3 is 2.93 bits per heavy atom. The Bertz CT molecular complexity index is 352. The molecule has 1 N–H and O–H groups in total. The SMILES string of the molecule is Cc1cccc(C2=CC(O)CCC2)c1. The molecule has 1 nitrogen and oxygen atoms in total. The zero-order valence-corrected chi connectivity index (χ0v) is 8.53. The molecule has 0 bridgehead atoms. The van der Waals surface area contributed by atoms with Crippen molar-refractivity contribution in [3.8, 4) is 0 Å². The summed E-state index contributed by atoms with van der Waals surface area (Å²) in [7, 11) is 0. The third-order valence-electron chi connectivity index (χ3n) is 2.73. The van der Waals surface area contributed by atoms with Crippen LogP contribution in [0.4, 0.5) is 0 Å². The number of benzene rings is 1. The van der Waals surface area contributed by atoms with Gasteiger partial charge in [0.2, 0.25) is 0 Å². The van der Waals surface area contributed by atoms with Gasteiger partial charge >= 0.3 is 0 Å². The molecule has 0 aliphatic heterocycles. The van der Waals surface area contributed by atoms with E-state index in [2.05, 4.69) is 31.2 Å². The van der Waals surface area contributed by atoms with Gasteiger partial charge in [0, 0.05) is 0 Å². The first-order valence-corrected chi connectivity index (χ1v) is 5.21. The molecular formula is C13H16O. The van der Waals surface area contributed by atoms with E-state index in [0.717, 1.165) is 19.3 Å². The van der Waals surface area contributed by atoms with E-state index in [1.165, 1.54) is 16.7 Å². The van der Waals surface area contributed by atoms with E-state index < -0.39 is 0 Å². The summed E-state index contributed by atoms with van der Waals surface area (Å²) in [6.07, 6.45) is 4.87. The maximum absolute atomic E-state index is 9.53. The fourth-order valence-electron chi connectivity index (χ4n) is 1.99. The first kappa shape index (κ1) is 9.47. The fraction of sp³-hybridized carbons (Fsp3) is 0.385. The summed E-state index contributed by atoms with van der Waals surface area (Å²) in [6, 6.07) is 8.48. The minimum Gasteiger partial charge on any atom is -0.389 e. The molecule has 0 spiro atoms. The van der Waals surface area contributed by atoms with Crippen LogP contribution in [0.3, 0.4) is 0 Å². The monoisotopic (exact) mass is 188 g/mol. The summed E-state index contributed by atoms with van der Waals surface area (Å²) < 4.78 is 0. The second-order valence-corrected chi connectivity index (χ2v) is 4.02. The topological polar surface area (TPSA) is 20.2 Å². The Kier molecular flexibility index (Phi) is 2.69. The van der Waals surface area contributed by atoms with Crippen LogP contribution in [0.15, 0.2) is 30.3 Å². The van der Waals surface area contributed by atoms with E-state index in [1.807, 2.05) is 6.08 Å². The fourth-order valence-corrected chi connectivity index (χ4v) is 1.99. The summed E-state index contributed by atoms with van der Waals surface area (Å²) in [5, 5.41) is 9.53. The van der Waals surface area contributed by atoms with Crippen LogP contribution in [-0.2, 0) is 0 Å². The first-order chi connectivity index (χ1) is 6.75. The molecule has 0 heterocycles. The quantitative estimate of drug-likeness (QED) is 0.718. The lowest BCUT2D eigenvalue weighted by Crippen LogP contribution is -2.08. The molecule has 1 aromatic rings. The average molecular weight is 188 g/mol. The van der Waals surface area contributed by atoms with Crippen molar-refractivity contribution >= 4 is 5.57 Å². The smallest absolute Gasteiger partial charge is 0.0726 e. The van der Waals surface area contributed by atoms with E-state index in [-0.39, 0.29) is 6.10 Å². The van der Waals surface area contributed by atoms with Gasteiger partial charge in [0.1, 0.15) is 0 Å². The van der Waals surface area contributed by atoms with Gasteiger partial charge in [-0.05, 0) is 37.3 Å². The largest absolute Gasteiger partial charge is 0.389 e. The molecule has 0 fully saturated rings. The lowest BCUT2D eigenvalue weighted by atomic mass is 9.92. The van der Waals surface area contributed by atoms with E-state index in [0.29, 0.717) is 0 Å². The Labute approximate surface area is 85.1 Å². The zero-order valence-electron chi connectivity index (χ0n) is 8.53. The molecule has 1 aliphatic rings. The van der Waals surface area contributed by atoms with Gasteiger partial charge in [0.05, 0.1) is 6.10 Å². The molecule has 1 unspecified atom stereocenters. The Morgan fingerprint density at radius 1 is 1.36 bits per heavy atom. The molecule has 1 aliphatic carbocycles. The van der Waals surface area contributed by atoms with Gasteiger partial charge < -0.3 is 5.11 Å². The van der Waals surface area contributed by atoms with Gasteiger partial charge in [-0.1, -0.05) is 35.9 Å². The lowest BCUT2D eigenvalue weighted by Gasteiger charge is -2.17. The molecule has 0 saturated carbocycles. The van der Waals surface area contributed by atoms with Crippen LogP contribution in [0.2, 0.25) is 0 Å². The Morgan fingerprint density at radius 2 is 2.21 bits per heavy atom. The van der Waals surface area contributed by atoms with Crippen LogP contribution in [0, 0.1) is 6.92 Å². The van der Waals surface area contributed by atoms with Crippen molar-refractivity contribution < 1.29 is 5.11 Å². The summed E-state index contributed by atoms with van der Waals surface area (Å²) >= 11 is 0. The van der Waals surface area contributed by atoms with Crippen LogP contribution in [-0.4, -0.2) is 11.2 Å². The highest BCUT2D eigenvalue weighted by Gasteiger charge is 2.11. The summed E-state index contributed by atoms with van der Waals surface area (Å²) in [6.45, 7) is 2.10. The van der Waals surface area contributed by atoms with Crippen molar-refractivity contribution in [3.63, 3.8) is 0 Å². The Hall–Kier alpha value is -1.08. The molecule has 14 heavy (non-hydrogen) atoms. The third kappa shape index (κ3) is 2.05. The highest BCUT2D eigenvalue weighted by atomic mass is 16.3. The molecule has 74 valence electrons. The lowest BCUT2D eigenvalue weighted by molar-refractivity contribution is 0.206. The molecule has 1 atom stereocenters. The van der Waals surface area contributed by atoms with Gasteiger partial charge in [-0.3, -0.25) is 0 Å². The van der Waals surface area contributed by atoms with Crippen molar-refractivity contribution in [2.45, 2.75) is 32.3 Å². The zero-order chi connectivity index (χ0) is 9.97. The first-order valence-electron chi connectivity index (χ1n) is 5.21. The van der Waals surface area contributed by atoms with Crippen molar-refractivity contribution in [2.75, 3.05) is 0 Å². The van der Waals surface area contributed by atoms with E-state index >= 15 is 0 Å². The predicted molar refractivity (Wildman–Crippen MR) is 59.0 cm³/mol. The van der Waals surface area contributed by atoms with E-state index in [1.54, 1.807) is 0 Å². The van der Waals surface area contributed by atoms with Gasteiger partial charge in [0.25, 0.3) is 0 Å². The number of hydrogen-bond acceptors (Lipinski definition) is 1. The van der Waals surface area contributed by atoms with Crippen molar-refractivity contribution in [3.05, 3.63) is 41.5 Å². The minimum absolute atomic E-state index is 0.237. The predicted octanol–water partition coefficient (Wildman–Crippen LogP) is 2.92. The van der Waals surface area contributed by atoms with Crippen LogP contribution < -0.4 is 0 Å². The molecule has 0 amide bonds. The van der Waals surface area contributed by atoms with Crippen LogP contribution >= 0.6 is 0 Å². The van der Waals surface area contributed by atoms with E-state index in [9.17, 15) is 5.11 Å². The highest BCUT2D eigenvalue weighted by Crippen LogP contribution is 2.27. The maximum Gasteiger partial charge on any atom is 0.0726 e. The number of hydrogen-bond donors (Lipinski definition) is 1. The standard InChI is InChI=1S/C13H16O/c1-10-4-2-5-11(8-10)12-6-3-7-13(14)9-12/h2,4-5,8-9,13-14H,3,6-7H2,1H3. The molecule has 0 radical (unpaired) electrons. The van der Waals surface area contributed by atoms with E-state index in [4.69, 9.17) is 0 Å². The van der Waals surface area contributed by atoms with Crippen molar-refractivity contribution in [1.29, 1.82) is 0 Å². The molecule has 1 aromatic carbocycles. The summed E-state index contributed by atoms with van der Waals surface area (Å²) in [4.78, 5) is 0. The third-order valence-corrected chi connectivity index (χ3v) is 2.73. The van der Waals surface area contributed by atoms with Gasteiger partial charge in [-0.15, -0.1) is 0 Å². The second-order valence-electron chi connectivity index (χ2n) is 4.02. The van der Waals surface area contributed by atoms with Crippen LogP contribution in [0.25, 0.3) is 5.57 Å². The molecule has 0 aromatic heterocycles. The number of aliphatic hydroxyl groups is 1. The number of rotatable bonds is 1. The minimum atomic E-state index is -0.237. The van der Waals surface area contributed by atoms with Crippen molar-refractivity contribution in [1.82, 2.24) is 0 Å². The second kappa shape index (κ2) is 3.97. The number of allylic oxidation sites excluding steroid dienone is 1. The van der Waals surface area contributed by atoms with Crippen LogP contribution in [0.1, 0.15) is 30.4 Å². The summed E-state index contributed by atoms with van der Waals surface area (Å²) in [5.74, 6) is 0. The van der Waals surface area contributed by atoms with Gasteiger partial charge in [-0.2, -0.15) is 0 Å². The Balaban J connectivity index is 2.30. The average Bonchev–Trinajstić information content (AvgIpc) is 2.18. The van der Waals surface area contributed by atoms with Gasteiger partial charge in [-0.25, -0.2) is 0 Å². The van der Waals surface area contributed by atoms with Crippen LogP contribution in [0.5, 0.6) is 0 Å². The number of aryl methyl sites for hydroxylation is 1. The number of aliphatic hydroxyl groups excluding tert-OH is 1. The highest BCUT2D eigenvalue weighted by molar-refractivity contribution is 5.67. The molecule has 0 saturated heterocycles. The van der Waals surface area contributed by atoms with Crippen molar-refractivity contribution in [2.24, 2.45) is 0 Å². The summed E-state index contributed by atoms with van der Waals surface area (Å²) in [5.41, 5.74) is 3.85. The molecule has 2 rings (SSSR count). The normalized spacial score (nSPS) is 21.9. The maximum atomic E-state index is 9.53. The molecule has 1 heteroatoms. The van der Waals surface area contributed by atoms with Gasteiger partial charge in [0.15, 0.2) is 0 Å².